The van der Waals surface area contributed by atoms with Gasteiger partial charge in [0, 0.05) is 32.2 Å². The van der Waals surface area contributed by atoms with Crippen LogP contribution in [0.15, 0.2) is 28.9 Å². The van der Waals surface area contributed by atoms with Crippen molar-refractivity contribution < 1.29 is 40.3 Å². The highest BCUT2D eigenvalue weighted by Crippen LogP contribution is 2.33. The zero-order valence-corrected chi connectivity index (χ0v) is 20.6. The van der Waals surface area contributed by atoms with Gasteiger partial charge in [-0.1, -0.05) is 13.0 Å². The van der Waals surface area contributed by atoms with Gasteiger partial charge in [0.25, 0.3) is 11.9 Å². The molecule has 0 spiro atoms. The molecule has 1 fully saturated rings. The van der Waals surface area contributed by atoms with Gasteiger partial charge in [-0.25, -0.2) is 4.72 Å². The highest BCUT2D eigenvalue weighted by Gasteiger charge is 2.33. The average molecular weight is 534 g/mol. The monoisotopic (exact) mass is 533 g/mol. The maximum absolute atomic E-state index is 13.0. The fraction of sp³-hybridized carbons (Fsp3) is 0.476. The largest absolute Gasteiger partial charge is 0.431 e. The van der Waals surface area contributed by atoms with Crippen molar-refractivity contribution in [3.63, 3.8) is 0 Å². The number of amides is 2. The quantitative estimate of drug-likeness (QED) is 0.554. The maximum Gasteiger partial charge on any atom is 0.416 e. The van der Waals surface area contributed by atoms with Crippen LogP contribution in [-0.4, -0.2) is 73.8 Å². The number of anilines is 2. The first kappa shape index (κ1) is 27.4. The SMILES string of the molecule is CCC(=O)N(C)C1COCCN(S(=O)(=O)NC(=O)c2coc(Nc3cc(C(F)(F)F)ccc3C)n2)C1. The molecule has 0 radical (unpaired) electrons. The second-order valence-corrected chi connectivity index (χ2v) is 9.74. The molecule has 1 atom stereocenters. The highest BCUT2D eigenvalue weighted by molar-refractivity contribution is 7.87. The maximum atomic E-state index is 13.0. The second-order valence-electron chi connectivity index (χ2n) is 8.07. The van der Waals surface area contributed by atoms with Crippen LogP contribution in [0.3, 0.4) is 0 Å². The number of carbonyl (C=O) groups excluding carboxylic acids is 2. The lowest BCUT2D eigenvalue weighted by Gasteiger charge is -2.29. The number of likely N-dealkylation sites (N-methyl/N-ethyl adjacent to an activating group) is 1. The molecule has 0 saturated carbocycles. The van der Waals surface area contributed by atoms with E-state index in [4.69, 9.17) is 9.15 Å². The van der Waals surface area contributed by atoms with Crippen LogP contribution in [0.2, 0.25) is 0 Å². The highest BCUT2D eigenvalue weighted by atomic mass is 32.2. The van der Waals surface area contributed by atoms with Gasteiger partial charge in [-0.3, -0.25) is 9.59 Å². The van der Waals surface area contributed by atoms with Crippen molar-refractivity contribution in [3.8, 4) is 0 Å². The summed E-state index contributed by atoms with van der Waals surface area (Å²) in [6, 6.07) is 2.20. The number of nitrogens with zero attached hydrogens (tertiary/aromatic N) is 3. The number of benzene rings is 1. The molecule has 0 bridgehead atoms. The van der Waals surface area contributed by atoms with Crippen molar-refractivity contribution >= 4 is 33.7 Å². The van der Waals surface area contributed by atoms with Crippen LogP contribution in [-0.2, 0) is 25.9 Å². The first-order valence-corrected chi connectivity index (χ1v) is 12.3. The summed E-state index contributed by atoms with van der Waals surface area (Å²) in [5.41, 5.74) is -0.796. The fourth-order valence-corrected chi connectivity index (χ4v) is 4.54. The summed E-state index contributed by atoms with van der Waals surface area (Å²) in [7, 11) is -2.80. The topological polar surface area (TPSA) is 134 Å². The number of halogens is 3. The number of hydrogen-bond acceptors (Lipinski definition) is 8. The van der Waals surface area contributed by atoms with E-state index in [-0.39, 0.29) is 50.3 Å². The van der Waals surface area contributed by atoms with Crippen LogP contribution in [0, 0.1) is 6.92 Å². The Kier molecular flexibility index (Phi) is 8.26. The number of oxazole rings is 1. The van der Waals surface area contributed by atoms with E-state index in [1.165, 1.54) is 11.0 Å². The Labute approximate surface area is 205 Å². The zero-order chi connectivity index (χ0) is 26.7. The number of aromatic nitrogens is 1. The van der Waals surface area contributed by atoms with Gasteiger partial charge in [-0.2, -0.15) is 30.9 Å². The van der Waals surface area contributed by atoms with Crippen LogP contribution in [0.25, 0.3) is 0 Å². The lowest BCUT2D eigenvalue weighted by Crippen LogP contribution is -2.50. The minimum atomic E-state index is -4.56. The van der Waals surface area contributed by atoms with Gasteiger partial charge in [-0.05, 0) is 24.6 Å². The molecule has 2 amide bonds. The molecule has 11 nitrogen and oxygen atoms in total. The van der Waals surface area contributed by atoms with Gasteiger partial charge in [0.2, 0.25) is 5.91 Å². The Morgan fingerprint density at radius 3 is 2.69 bits per heavy atom. The van der Waals surface area contributed by atoms with Crippen LogP contribution in [0.4, 0.5) is 24.9 Å². The van der Waals surface area contributed by atoms with E-state index in [0.29, 0.717) is 5.56 Å². The molecule has 1 saturated heterocycles. The summed E-state index contributed by atoms with van der Waals surface area (Å²) < 4.78 is 78.1. The summed E-state index contributed by atoms with van der Waals surface area (Å²) in [6.07, 6.45) is -3.45. The molecule has 1 unspecified atom stereocenters. The third-order valence-electron chi connectivity index (χ3n) is 5.56. The van der Waals surface area contributed by atoms with E-state index in [2.05, 4.69) is 10.3 Å². The van der Waals surface area contributed by atoms with E-state index in [1.54, 1.807) is 20.9 Å². The van der Waals surface area contributed by atoms with Crippen molar-refractivity contribution in [2.45, 2.75) is 32.5 Å². The standard InChI is InChI=1S/C21H26F3N5O6S/c1-4-18(30)28(3)15-10-29(7-8-34-11-15)36(32,33)27-19(31)17-12-35-20(26-17)25-16-9-14(21(22,23)24)6-5-13(16)2/h5-6,9,12,15H,4,7-8,10-11H2,1-3H3,(H,25,26)(H,27,31). The van der Waals surface area contributed by atoms with E-state index >= 15 is 0 Å². The van der Waals surface area contributed by atoms with E-state index in [9.17, 15) is 31.2 Å². The van der Waals surface area contributed by atoms with Crippen molar-refractivity contribution in [1.82, 2.24) is 18.9 Å². The van der Waals surface area contributed by atoms with Crippen molar-refractivity contribution in [1.29, 1.82) is 0 Å². The van der Waals surface area contributed by atoms with Gasteiger partial charge >= 0.3 is 16.4 Å². The van der Waals surface area contributed by atoms with E-state index in [1.807, 2.05) is 4.72 Å². The fourth-order valence-electron chi connectivity index (χ4n) is 3.39. The van der Waals surface area contributed by atoms with Gasteiger partial charge in [0.05, 0.1) is 24.8 Å². The Morgan fingerprint density at radius 2 is 2.03 bits per heavy atom. The van der Waals surface area contributed by atoms with Crippen molar-refractivity contribution in [3.05, 3.63) is 41.3 Å². The average Bonchev–Trinajstić information content (AvgIpc) is 3.12. The summed E-state index contributed by atoms with van der Waals surface area (Å²) in [4.78, 5) is 29.8. The Bertz CT molecular complexity index is 1220. The number of hydrogen-bond donors (Lipinski definition) is 2. The van der Waals surface area contributed by atoms with Crippen LogP contribution in [0.5, 0.6) is 0 Å². The van der Waals surface area contributed by atoms with Crippen molar-refractivity contribution in [2.24, 2.45) is 0 Å². The number of carbonyl (C=O) groups is 2. The third kappa shape index (κ3) is 6.53. The molecule has 1 aliphatic rings. The first-order chi connectivity index (χ1) is 16.8. The Hall–Kier alpha value is -3.17. The van der Waals surface area contributed by atoms with Crippen molar-refractivity contribution in [2.75, 3.05) is 38.7 Å². The molecule has 0 aliphatic carbocycles. The van der Waals surface area contributed by atoms with E-state index in [0.717, 1.165) is 22.7 Å². The van der Waals surface area contributed by atoms with Gasteiger partial charge in [-0.15, -0.1) is 0 Å². The predicted molar refractivity (Wildman–Crippen MR) is 122 cm³/mol. The number of rotatable bonds is 7. The molecule has 36 heavy (non-hydrogen) atoms. The minimum absolute atomic E-state index is 0.0479. The molecule has 2 aromatic rings. The summed E-state index contributed by atoms with van der Waals surface area (Å²) in [5.74, 6) is -1.29. The number of nitrogens with one attached hydrogen (secondary N) is 2. The van der Waals surface area contributed by atoms with Gasteiger partial charge < -0.3 is 19.4 Å². The molecule has 3 rings (SSSR count). The summed E-state index contributed by atoms with van der Waals surface area (Å²) in [6.45, 7) is 3.30. The van der Waals surface area contributed by atoms with Gasteiger partial charge in [0.15, 0.2) is 5.69 Å². The predicted octanol–water partition coefficient (Wildman–Crippen LogP) is 2.29. The lowest BCUT2D eigenvalue weighted by atomic mass is 10.1. The Morgan fingerprint density at radius 1 is 1.31 bits per heavy atom. The van der Waals surface area contributed by atoms with Crippen LogP contribution < -0.4 is 10.0 Å². The number of alkyl halides is 3. The molecular weight excluding hydrogens is 507 g/mol. The Balaban J connectivity index is 1.71. The molecule has 15 heteroatoms. The molecule has 1 aromatic carbocycles. The molecule has 1 aliphatic heterocycles. The molecule has 198 valence electrons. The smallest absolute Gasteiger partial charge is 0.416 e. The zero-order valence-electron chi connectivity index (χ0n) is 19.8. The number of aryl methyl sites for hydroxylation is 1. The normalized spacial score (nSPS) is 17.3. The van der Waals surface area contributed by atoms with Crippen LogP contribution >= 0.6 is 0 Å². The first-order valence-electron chi connectivity index (χ1n) is 10.9. The molecule has 2 N–H and O–H groups in total. The second kappa shape index (κ2) is 10.8. The summed E-state index contributed by atoms with van der Waals surface area (Å²) >= 11 is 0. The van der Waals surface area contributed by atoms with Gasteiger partial charge in [0.1, 0.15) is 6.26 Å². The summed E-state index contributed by atoms with van der Waals surface area (Å²) in [5, 5.41) is 2.56. The molecule has 2 heterocycles. The third-order valence-corrected chi connectivity index (χ3v) is 7.01. The minimum Gasteiger partial charge on any atom is -0.431 e. The number of ether oxygens (including phenoxy) is 1. The van der Waals surface area contributed by atoms with Crippen LogP contribution in [0.1, 0.15) is 35.0 Å². The van der Waals surface area contributed by atoms with E-state index < -0.39 is 39.6 Å². The molecular formula is C21H26F3N5O6S. The molecule has 1 aromatic heterocycles. The lowest BCUT2D eigenvalue weighted by molar-refractivity contribution is -0.137.